The van der Waals surface area contributed by atoms with Crippen molar-refractivity contribution in [3.8, 4) is 0 Å². The van der Waals surface area contributed by atoms with Gasteiger partial charge in [0.1, 0.15) is 0 Å². The van der Waals surface area contributed by atoms with Crippen molar-refractivity contribution in [2.24, 2.45) is 0 Å². The van der Waals surface area contributed by atoms with E-state index >= 15 is 0 Å². The summed E-state index contributed by atoms with van der Waals surface area (Å²) in [5.74, 6) is -0.0611. The number of nitrogens with two attached hydrogens (primary N) is 1. The largest absolute Gasteiger partial charge is 0.397 e. The first-order valence-corrected chi connectivity index (χ1v) is 4.19. The Hall–Kier alpha value is -1.22. The Bertz CT molecular complexity index is 338. The van der Waals surface area contributed by atoms with Gasteiger partial charge in [-0.3, -0.25) is 4.79 Å². The van der Waals surface area contributed by atoms with Gasteiger partial charge in [-0.2, -0.15) is 0 Å². The van der Waals surface area contributed by atoms with Crippen LogP contribution in [0.5, 0.6) is 0 Å². The highest BCUT2D eigenvalue weighted by molar-refractivity contribution is 6.31. The van der Waals surface area contributed by atoms with Crippen LogP contribution in [0, 0.1) is 0 Å². The van der Waals surface area contributed by atoms with E-state index in [0.29, 0.717) is 16.4 Å². The second-order valence-electron chi connectivity index (χ2n) is 2.78. The van der Waals surface area contributed by atoms with Crippen LogP contribution in [0.2, 0.25) is 5.02 Å². The van der Waals surface area contributed by atoms with Crippen molar-refractivity contribution in [3.63, 3.8) is 0 Å². The number of nitrogens with zero attached hydrogens (tertiary/aromatic N) is 1. The molecule has 1 aromatic carbocycles. The number of halogens is 1. The van der Waals surface area contributed by atoms with Crippen molar-refractivity contribution in [1.82, 2.24) is 0 Å². The fourth-order valence-electron chi connectivity index (χ4n) is 1.00. The molecule has 0 heterocycles. The fourth-order valence-corrected chi connectivity index (χ4v) is 1.18. The van der Waals surface area contributed by atoms with Crippen LogP contribution in [0.3, 0.4) is 0 Å². The van der Waals surface area contributed by atoms with Crippen LogP contribution >= 0.6 is 11.6 Å². The second kappa shape index (κ2) is 3.66. The number of carbonyl (C=O) groups excluding carboxylic acids is 1. The van der Waals surface area contributed by atoms with Crippen molar-refractivity contribution in [2.75, 3.05) is 17.7 Å². The van der Waals surface area contributed by atoms with Crippen LogP contribution in [0.1, 0.15) is 6.92 Å². The lowest BCUT2D eigenvalue weighted by molar-refractivity contribution is -0.116. The lowest BCUT2D eigenvalue weighted by Gasteiger charge is -2.16. The van der Waals surface area contributed by atoms with E-state index in [2.05, 4.69) is 0 Å². The Kier molecular flexibility index (Phi) is 2.78. The molecule has 2 N–H and O–H groups in total. The predicted molar refractivity (Wildman–Crippen MR) is 54.9 cm³/mol. The van der Waals surface area contributed by atoms with E-state index in [0.717, 1.165) is 0 Å². The number of hydrogen-bond acceptors (Lipinski definition) is 2. The zero-order valence-corrected chi connectivity index (χ0v) is 8.30. The third kappa shape index (κ3) is 2.12. The summed E-state index contributed by atoms with van der Waals surface area (Å²) in [6.45, 7) is 1.48. The maximum absolute atomic E-state index is 11.0. The third-order valence-electron chi connectivity index (χ3n) is 1.82. The van der Waals surface area contributed by atoms with Crippen molar-refractivity contribution in [1.29, 1.82) is 0 Å². The highest BCUT2D eigenvalue weighted by Gasteiger charge is 2.08. The van der Waals surface area contributed by atoms with Crippen LogP contribution in [-0.2, 0) is 4.79 Å². The highest BCUT2D eigenvalue weighted by Crippen LogP contribution is 2.25. The van der Waals surface area contributed by atoms with Gasteiger partial charge in [-0.1, -0.05) is 11.6 Å². The van der Waals surface area contributed by atoms with Crippen molar-refractivity contribution < 1.29 is 4.79 Å². The van der Waals surface area contributed by atoms with E-state index in [9.17, 15) is 4.79 Å². The molecule has 0 spiro atoms. The summed E-state index contributed by atoms with van der Waals surface area (Å²) < 4.78 is 0. The molecule has 0 atom stereocenters. The Morgan fingerprint density at radius 1 is 1.54 bits per heavy atom. The molecule has 0 aliphatic heterocycles. The van der Waals surface area contributed by atoms with E-state index in [1.165, 1.54) is 11.8 Å². The van der Waals surface area contributed by atoms with Crippen LogP contribution < -0.4 is 10.6 Å². The highest BCUT2D eigenvalue weighted by atomic mass is 35.5. The number of nitrogen functional groups attached to an aromatic ring is 1. The van der Waals surface area contributed by atoms with Gasteiger partial charge in [0.2, 0.25) is 5.91 Å². The van der Waals surface area contributed by atoms with Gasteiger partial charge in [0.05, 0.1) is 11.4 Å². The number of anilines is 2. The Morgan fingerprint density at radius 2 is 2.15 bits per heavy atom. The third-order valence-corrected chi connectivity index (χ3v) is 2.06. The average molecular weight is 199 g/mol. The molecule has 3 nitrogen and oxygen atoms in total. The zero-order chi connectivity index (χ0) is 10.0. The second-order valence-corrected chi connectivity index (χ2v) is 3.22. The van der Waals surface area contributed by atoms with Crippen molar-refractivity contribution in [3.05, 3.63) is 23.2 Å². The van der Waals surface area contributed by atoms with Gasteiger partial charge in [-0.25, -0.2) is 0 Å². The lowest BCUT2D eigenvalue weighted by atomic mass is 10.2. The Balaban J connectivity index is 3.08. The van der Waals surface area contributed by atoms with Crippen LogP contribution in [0.15, 0.2) is 18.2 Å². The quantitative estimate of drug-likeness (QED) is 0.701. The Labute approximate surface area is 82.1 Å². The van der Waals surface area contributed by atoms with Crippen molar-refractivity contribution in [2.45, 2.75) is 6.92 Å². The predicted octanol–water partition coefficient (Wildman–Crippen LogP) is 1.90. The summed E-state index contributed by atoms with van der Waals surface area (Å²) >= 11 is 5.72. The molecule has 0 radical (unpaired) electrons. The summed E-state index contributed by atoms with van der Waals surface area (Å²) in [7, 11) is 1.67. The molecule has 0 aliphatic rings. The fraction of sp³-hybridized carbons (Fsp3) is 0.222. The average Bonchev–Trinajstić information content (AvgIpc) is 2.03. The molecule has 0 aliphatic carbocycles. The number of amides is 1. The molecule has 0 aromatic heterocycles. The molecule has 4 heteroatoms. The minimum atomic E-state index is -0.0611. The molecule has 0 saturated carbocycles. The summed E-state index contributed by atoms with van der Waals surface area (Å²) in [5.41, 5.74) is 6.86. The maximum Gasteiger partial charge on any atom is 0.223 e. The van der Waals surface area contributed by atoms with Gasteiger partial charge in [0.25, 0.3) is 0 Å². The topological polar surface area (TPSA) is 46.3 Å². The SMILES string of the molecule is CC(=O)N(C)c1ccc(Cl)cc1N. The summed E-state index contributed by atoms with van der Waals surface area (Å²) in [5, 5.41) is 0.568. The van der Waals surface area contributed by atoms with Crippen LogP contribution in [0.4, 0.5) is 11.4 Å². The molecule has 0 saturated heterocycles. The van der Waals surface area contributed by atoms with E-state index in [-0.39, 0.29) is 5.91 Å². The first-order valence-electron chi connectivity index (χ1n) is 3.81. The number of rotatable bonds is 1. The lowest BCUT2D eigenvalue weighted by Crippen LogP contribution is -2.23. The summed E-state index contributed by atoms with van der Waals surface area (Å²) in [4.78, 5) is 12.5. The molecular weight excluding hydrogens is 188 g/mol. The van der Waals surface area contributed by atoms with Crippen molar-refractivity contribution >= 4 is 28.9 Å². The van der Waals surface area contributed by atoms with Crippen LogP contribution in [-0.4, -0.2) is 13.0 Å². The molecule has 0 fully saturated rings. The normalized spacial score (nSPS) is 9.77. The monoisotopic (exact) mass is 198 g/mol. The molecule has 0 unspecified atom stereocenters. The van der Waals surface area contributed by atoms with Gasteiger partial charge >= 0.3 is 0 Å². The minimum absolute atomic E-state index is 0.0611. The summed E-state index contributed by atoms with van der Waals surface area (Å²) in [6.07, 6.45) is 0. The van der Waals surface area contributed by atoms with Gasteiger partial charge in [-0.05, 0) is 18.2 Å². The minimum Gasteiger partial charge on any atom is -0.397 e. The molecule has 0 bridgehead atoms. The van der Waals surface area contributed by atoms with Gasteiger partial charge in [0, 0.05) is 19.0 Å². The summed E-state index contributed by atoms with van der Waals surface area (Å²) in [6, 6.07) is 5.04. The maximum atomic E-state index is 11.0. The van der Waals surface area contributed by atoms with Gasteiger partial charge < -0.3 is 10.6 Å². The van der Waals surface area contributed by atoms with E-state index in [1.54, 1.807) is 25.2 Å². The first kappa shape index (κ1) is 9.86. The Morgan fingerprint density at radius 3 is 2.62 bits per heavy atom. The van der Waals surface area contributed by atoms with E-state index in [4.69, 9.17) is 17.3 Å². The molecule has 1 rings (SSSR count). The molecule has 13 heavy (non-hydrogen) atoms. The van der Waals surface area contributed by atoms with E-state index in [1.807, 2.05) is 0 Å². The molecule has 1 amide bonds. The van der Waals surface area contributed by atoms with E-state index < -0.39 is 0 Å². The number of carbonyl (C=O) groups is 1. The zero-order valence-electron chi connectivity index (χ0n) is 7.54. The molecule has 1 aromatic rings. The molecule has 70 valence electrons. The smallest absolute Gasteiger partial charge is 0.223 e. The molecular formula is C9H11ClN2O. The van der Waals surface area contributed by atoms with Gasteiger partial charge in [0.15, 0.2) is 0 Å². The standard InChI is InChI=1S/C9H11ClN2O/c1-6(13)12(2)9-4-3-7(10)5-8(9)11/h3-5H,11H2,1-2H3. The number of benzene rings is 1. The van der Waals surface area contributed by atoms with Gasteiger partial charge in [-0.15, -0.1) is 0 Å². The number of hydrogen-bond donors (Lipinski definition) is 1. The first-order chi connectivity index (χ1) is 6.02. The van der Waals surface area contributed by atoms with Crippen LogP contribution in [0.25, 0.3) is 0 Å².